The van der Waals surface area contributed by atoms with Gasteiger partial charge in [0.1, 0.15) is 0 Å². The van der Waals surface area contributed by atoms with E-state index in [0.717, 1.165) is 31.3 Å². The first-order chi connectivity index (χ1) is 11.8. The first kappa shape index (κ1) is 22.4. The average Bonchev–Trinajstić information content (AvgIpc) is 2.54. The molecule has 0 bridgehead atoms. The molecule has 1 aromatic carbocycles. The standard InChI is InChI=1S/C18H31BrN2O3S/c1-4-6-7-8-9-12-21(5-2)14-18(22)15-10-11-17(16(19)13-15)20-25(3,23)24/h10-11,13,18,20,22H,4-9,12,14H2,1-3H3. The number of hydrogen-bond acceptors (Lipinski definition) is 4. The molecular formula is C18H31BrN2O3S. The maximum Gasteiger partial charge on any atom is 0.229 e. The predicted molar refractivity (Wildman–Crippen MR) is 108 cm³/mol. The summed E-state index contributed by atoms with van der Waals surface area (Å²) in [5.74, 6) is 0. The number of hydrogen-bond donors (Lipinski definition) is 2. The number of unbranched alkanes of at least 4 members (excludes halogenated alkanes) is 4. The molecule has 0 aliphatic rings. The van der Waals surface area contributed by atoms with Crippen molar-refractivity contribution in [3.8, 4) is 0 Å². The van der Waals surface area contributed by atoms with E-state index in [1.807, 2.05) is 0 Å². The van der Waals surface area contributed by atoms with Gasteiger partial charge < -0.3 is 10.0 Å². The normalized spacial score (nSPS) is 13.2. The third kappa shape index (κ3) is 9.03. The predicted octanol–water partition coefficient (Wildman–Crippen LogP) is 4.15. The Balaban J connectivity index is 2.60. The Morgan fingerprint density at radius 2 is 1.88 bits per heavy atom. The van der Waals surface area contributed by atoms with Crippen molar-refractivity contribution in [3.05, 3.63) is 28.2 Å². The molecule has 5 nitrogen and oxygen atoms in total. The molecule has 0 aliphatic heterocycles. The number of aliphatic hydroxyl groups excluding tert-OH is 1. The number of rotatable bonds is 12. The number of halogens is 1. The molecule has 7 heteroatoms. The van der Waals surface area contributed by atoms with Crippen molar-refractivity contribution < 1.29 is 13.5 Å². The Bertz CT molecular complexity index is 623. The minimum atomic E-state index is -3.32. The second kappa shape index (κ2) is 11.2. The van der Waals surface area contributed by atoms with Crippen molar-refractivity contribution in [2.45, 2.75) is 52.1 Å². The second-order valence-corrected chi connectivity index (χ2v) is 9.04. The van der Waals surface area contributed by atoms with E-state index in [2.05, 4.69) is 39.4 Å². The minimum Gasteiger partial charge on any atom is -0.387 e. The second-order valence-electron chi connectivity index (χ2n) is 6.44. The highest BCUT2D eigenvalue weighted by Gasteiger charge is 2.14. The lowest BCUT2D eigenvalue weighted by Gasteiger charge is -2.24. The molecule has 0 heterocycles. The van der Waals surface area contributed by atoms with Crippen molar-refractivity contribution >= 4 is 31.6 Å². The number of anilines is 1. The molecule has 0 aromatic heterocycles. The Hall–Kier alpha value is -0.630. The van der Waals surface area contributed by atoms with Gasteiger partial charge in [-0.1, -0.05) is 45.6 Å². The number of sulfonamides is 1. The maximum absolute atomic E-state index is 11.3. The van der Waals surface area contributed by atoms with Crippen molar-refractivity contribution in [1.29, 1.82) is 0 Å². The van der Waals surface area contributed by atoms with E-state index < -0.39 is 16.1 Å². The topological polar surface area (TPSA) is 69.6 Å². The lowest BCUT2D eigenvalue weighted by molar-refractivity contribution is 0.115. The van der Waals surface area contributed by atoms with E-state index in [1.165, 1.54) is 25.7 Å². The van der Waals surface area contributed by atoms with Crippen LogP contribution in [0.2, 0.25) is 0 Å². The Morgan fingerprint density at radius 3 is 2.44 bits per heavy atom. The summed E-state index contributed by atoms with van der Waals surface area (Å²) in [5.41, 5.74) is 1.25. The fourth-order valence-electron chi connectivity index (χ4n) is 2.69. The molecule has 2 N–H and O–H groups in total. The maximum atomic E-state index is 11.3. The fourth-order valence-corrected chi connectivity index (χ4v) is 3.89. The molecule has 0 saturated heterocycles. The molecule has 1 rings (SSSR count). The molecule has 1 unspecified atom stereocenters. The van der Waals surface area contributed by atoms with E-state index >= 15 is 0 Å². The van der Waals surface area contributed by atoms with Gasteiger partial charge in [0.2, 0.25) is 10.0 Å². The Labute approximate surface area is 161 Å². The van der Waals surface area contributed by atoms with Crippen LogP contribution in [0.3, 0.4) is 0 Å². The van der Waals surface area contributed by atoms with Crippen LogP contribution < -0.4 is 4.72 Å². The van der Waals surface area contributed by atoms with Crippen LogP contribution in [0, 0.1) is 0 Å². The highest BCUT2D eigenvalue weighted by atomic mass is 79.9. The number of nitrogens with zero attached hydrogens (tertiary/aromatic N) is 1. The molecule has 0 amide bonds. The zero-order valence-electron chi connectivity index (χ0n) is 15.5. The van der Waals surface area contributed by atoms with Gasteiger partial charge in [-0.15, -0.1) is 0 Å². The van der Waals surface area contributed by atoms with Gasteiger partial charge >= 0.3 is 0 Å². The van der Waals surface area contributed by atoms with Crippen LogP contribution in [0.15, 0.2) is 22.7 Å². The number of benzene rings is 1. The molecule has 0 radical (unpaired) electrons. The third-order valence-electron chi connectivity index (χ3n) is 4.13. The van der Waals surface area contributed by atoms with E-state index in [-0.39, 0.29) is 0 Å². The lowest BCUT2D eigenvalue weighted by Crippen LogP contribution is -2.29. The Kier molecular flexibility index (Phi) is 10.0. The third-order valence-corrected chi connectivity index (χ3v) is 5.38. The van der Waals surface area contributed by atoms with Crippen LogP contribution in [-0.2, 0) is 10.0 Å². The van der Waals surface area contributed by atoms with Gasteiger partial charge in [0.05, 0.1) is 18.0 Å². The molecule has 0 aliphatic carbocycles. The first-order valence-corrected chi connectivity index (χ1v) is 11.6. The van der Waals surface area contributed by atoms with Gasteiger partial charge in [-0.05, 0) is 53.1 Å². The van der Waals surface area contributed by atoms with E-state index in [1.54, 1.807) is 18.2 Å². The van der Waals surface area contributed by atoms with Crippen LogP contribution >= 0.6 is 15.9 Å². The summed E-state index contributed by atoms with van der Waals surface area (Å²) in [5, 5.41) is 10.5. The highest BCUT2D eigenvalue weighted by Crippen LogP contribution is 2.27. The van der Waals surface area contributed by atoms with Crippen LogP contribution in [0.5, 0.6) is 0 Å². The summed E-state index contributed by atoms with van der Waals surface area (Å²) in [4.78, 5) is 2.26. The summed E-state index contributed by atoms with van der Waals surface area (Å²) < 4.78 is 25.7. The van der Waals surface area contributed by atoms with Gasteiger partial charge in [-0.3, -0.25) is 4.72 Å². The fraction of sp³-hybridized carbons (Fsp3) is 0.667. The Morgan fingerprint density at radius 1 is 1.20 bits per heavy atom. The van der Waals surface area contributed by atoms with Gasteiger partial charge in [0.15, 0.2) is 0 Å². The molecule has 1 aromatic rings. The van der Waals surface area contributed by atoms with Crippen molar-refractivity contribution in [2.24, 2.45) is 0 Å². The summed E-state index contributed by atoms with van der Waals surface area (Å²) in [6.07, 6.45) is 6.71. The summed E-state index contributed by atoms with van der Waals surface area (Å²) in [6, 6.07) is 5.20. The number of aliphatic hydroxyl groups is 1. The number of likely N-dealkylation sites (N-methyl/N-ethyl adjacent to an activating group) is 1. The quantitative estimate of drug-likeness (QED) is 0.484. The SMILES string of the molecule is CCCCCCCN(CC)CC(O)c1ccc(NS(C)(=O)=O)c(Br)c1. The van der Waals surface area contributed by atoms with Crippen LogP contribution in [-0.4, -0.2) is 44.3 Å². The smallest absolute Gasteiger partial charge is 0.229 e. The molecule has 1 atom stereocenters. The summed E-state index contributed by atoms with van der Waals surface area (Å²) in [7, 11) is -3.32. The van der Waals surface area contributed by atoms with Gasteiger partial charge in [0, 0.05) is 11.0 Å². The van der Waals surface area contributed by atoms with E-state index in [4.69, 9.17) is 0 Å². The first-order valence-electron chi connectivity index (χ1n) is 8.94. The molecular weight excluding hydrogens is 404 g/mol. The minimum absolute atomic E-state index is 0.474. The van der Waals surface area contributed by atoms with Crippen molar-refractivity contribution in [1.82, 2.24) is 4.90 Å². The number of nitrogens with one attached hydrogen (secondary N) is 1. The molecule has 0 saturated carbocycles. The lowest BCUT2D eigenvalue weighted by atomic mass is 10.1. The molecule has 25 heavy (non-hydrogen) atoms. The van der Waals surface area contributed by atoms with E-state index in [0.29, 0.717) is 16.7 Å². The summed E-state index contributed by atoms with van der Waals surface area (Å²) >= 11 is 3.37. The average molecular weight is 435 g/mol. The van der Waals surface area contributed by atoms with Gasteiger partial charge in [-0.25, -0.2) is 8.42 Å². The van der Waals surface area contributed by atoms with Crippen molar-refractivity contribution in [3.63, 3.8) is 0 Å². The van der Waals surface area contributed by atoms with Crippen LogP contribution in [0.25, 0.3) is 0 Å². The largest absolute Gasteiger partial charge is 0.387 e. The van der Waals surface area contributed by atoms with Gasteiger partial charge in [-0.2, -0.15) is 0 Å². The van der Waals surface area contributed by atoms with Crippen LogP contribution in [0.4, 0.5) is 5.69 Å². The molecule has 0 fully saturated rings. The zero-order valence-corrected chi connectivity index (χ0v) is 17.9. The van der Waals surface area contributed by atoms with Crippen LogP contribution in [0.1, 0.15) is 57.6 Å². The van der Waals surface area contributed by atoms with E-state index in [9.17, 15) is 13.5 Å². The monoisotopic (exact) mass is 434 g/mol. The summed E-state index contributed by atoms with van der Waals surface area (Å²) in [6.45, 7) is 6.79. The van der Waals surface area contributed by atoms with Crippen molar-refractivity contribution in [2.75, 3.05) is 30.6 Å². The van der Waals surface area contributed by atoms with Gasteiger partial charge in [0.25, 0.3) is 0 Å². The zero-order chi connectivity index (χ0) is 18.9. The molecule has 144 valence electrons. The highest BCUT2D eigenvalue weighted by molar-refractivity contribution is 9.10. The molecule has 0 spiro atoms.